The maximum absolute atomic E-state index is 7.48. The Morgan fingerprint density at radius 1 is 0.422 bits per heavy atom. The lowest BCUT2D eigenvalue weighted by Crippen LogP contribution is -2.67. The monoisotopic (exact) mass is 854 g/mol. The van der Waals surface area contributed by atoms with E-state index in [4.69, 9.17) is 37.9 Å². The molecule has 2 fully saturated rings. The quantitative estimate of drug-likeness (QED) is 0.0791. The van der Waals surface area contributed by atoms with Gasteiger partial charge in [0.1, 0.15) is 48.0 Å². The summed E-state index contributed by atoms with van der Waals surface area (Å²) in [6.45, 7) is 1.44. The van der Waals surface area contributed by atoms with Crippen LogP contribution in [0.1, 0.15) is 45.2 Å². The van der Waals surface area contributed by atoms with Crippen molar-refractivity contribution < 1.29 is 37.9 Å². The van der Waals surface area contributed by atoms with Crippen molar-refractivity contribution in [2.75, 3.05) is 20.3 Å². The molecule has 9 rings (SSSR count). The average molecular weight is 855 g/mol. The molecule has 7 atom stereocenters. The third-order valence-electron chi connectivity index (χ3n) is 12.0. The van der Waals surface area contributed by atoms with Gasteiger partial charge in [0.25, 0.3) is 0 Å². The minimum atomic E-state index is -1.01. The van der Waals surface area contributed by atoms with Crippen molar-refractivity contribution in [2.45, 2.75) is 68.3 Å². The standard InChI is InChI=1S/C56H54O8/c1-57-48-34-32-44(33-35-48)55-63-50(40-61-56(45-26-14-5-15-27-45,46-28-16-6-17-29-46)47-30-18-7-19-31-47)52-54(64-55)53(60-38-43-24-12-4-13-25-43)51(59-37-42-22-10-3-11-23-42)49(62-52)39-58-36-41-20-8-2-9-21-41/h2-35,49-55H,36-40H2,1H3/t49-,50-,51-,52+,53+,54+,55+/m1/s1. The van der Waals surface area contributed by atoms with E-state index in [1.54, 1.807) is 7.11 Å². The predicted molar refractivity (Wildman–Crippen MR) is 245 cm³/mol. The molecule has 2 heterocycles. The zero-order valence-corrected chi connectivity index (χ0v) is 36.0. The molecule has 8 heteroatoms. The summed E-state index contributed by atoms with van der Waals surface area (Å²) >= 11 is 0. The fourth-order valence-corrected chi connectivity index (χ4v) is 8.76. The van der Waals surface area contributed by atoms with E-state index in [0.717, 1.165) is 44.7 Å². The number of rotatable bonds is 18. The van der Waals surface area contributed by atoms with E-state index in [2.05, 4.69) is 109 Å². The average Bonchev–Trinajstić information content (AvgIpc) is 3.37. The zero-order chi connectivity index (χ0) is 43.4. The lowest BCUT2D eigenvalue weighted by Gasteiger charge is -2.52. The van der Waals surface area contributed by atoms with Gasteiger partial charge in [-0.25, -0.2) is 0 Å². The van der Waals surface area contributed by atoms with Gasteiger partial charge in [0.2, 0.25) is 0 Å². The van der Waals surface area contributed by atoms with Gasteiger partial charge in [-0.2, -0.15) is 0 Å². The first kappa shape index (κ1) is 43.3. The highest BCUT2D eigenvalue weighted by atomic mass is 16.7. The summed E-state index contributed by atoms with van der Waals surface area (Å²) in [4.78, 5) is 0. The van der Waals surface area contributed by atoms with Gasteiger partial charge < -0.3 is 37.9 Å². The van der Waals surface area contributed by atoms with Crippen LogP contribution in [0.5, 0.6) is 5.75 Å². The number of benzene rings is 7. The van der Waals surface area contributed by atoms with Crippen molar-refractivity contribution in [1.29, 1.82) is 0 Å². The second kappa shape index (κ2) is 21.2. The van der Waals surface area contributed by atoms with Crippen molar-refractivity contribution in [3.63, 3.8) is 0 Å². The first-order valence-electron chi connectivity index (χ1n) is 22.0. The zero-order valence-electron chi connectivity index (χ0n) is 36.0. The van der Waals surface area contributed by atoms with Crippen LogP contribution in [0.25, 0.3) is 0 Å². The Hall–Kier alpha value is -5.94. The molecule has 2 aliphatic heterocycles. The number of hydrogen-bond donors (Lipinski definition) is 0. The molecule has 7 aromatic rings. The first-order chi connectivity index (χ1) is 31.7. The number of fused-ring (bicyclic) bond motifs is 1. The number of hydrogen-bond acceptors (Lipinski definition) is 8. The SMILES string of the molecule is COc1ccc([C@@H]2O[C@@H]3[C@@H](OCc4ccccc4)[C@H](OCc4ccccc4)[C@@H](COCc4ccccc4)O[C@H]3[C@@H](COC(c3ccccc3)(c3ccccc3)c3ccccc3)O2)cc1. The molecule has 8 nitrogen and oxygen atoms in total. The van der Waals surface area contributed by atoms with E-state index in [1.807, 2.05) is 97.1 Å². The summed E-state index contributed by atoms with van der Waals surface area (Å²) < 4.78 is 54.9. The minimum absolute atomic E-state index is 0.133. The first-order valence-corrected chi connectivity index (χ1v) is 22.0. The molecule has 2 aliphatic rings. The highest BCUT2D eigenvalue weighted by Crippen LogP contribution is 2.44. The van der Waals surface area contributed by atoms with Gasteiger partial charge in [-0.15, -0.1) is 0 Å². The molecule has 0 aliphatic carbocycles. The normalized spacial score (nSPS) is 22.0. The Morgan fingerprint density at radius 2 is 0.875 bits per heavy atom. The summed E-state index contributed by atoms with van der Waals surface area (Å²) in [6, 6.07) is 69.3. The third-order valence-corrected chi connectivity index (χ3v) is 12.0. The summed E-state index contributed by atoms with van der Waals surface area (Å²) in [7, 11) is 1.66. The molecule has 64 heavy (non-hydrogen) atoms. The van der Waals surface area contributed by atoms with Gasteiger partial charge in [0, 0.05) is 5.56 Å². The fraction of sp³-hybridized carbons (Fsp3) is 0.250. The van der Waals surface area contributed by atoms with Gasteiger partial charge >= 0.3 is 0 Å². The molecule has 0 spiro atoms. The summed E-state index contributed by atoms with van der Waals surface area (Å²) in [5.74, 6) is 0.730. The van der Waals surface area contributed by atoms with Crippen molar-refractivity contribution >= 4 is 0 Å². The Bertz CT molecular complexity index is 2330. The fourth-order valence-electron chi connectivity index (χ4n) is 8.76. The van der Waals surface area contributed by atoms with Crippen LogP contribution in [0.15, 0.2) is 206 Å². The molecule has 0 unspecified atom stereocenters. The van der Waals surface area contributed by atoms with E-state index < -0.39 is 48.5 Å². The summed E-state index contributed by atoms with van der Waals surface area (Å²) in [5.41, 5.74) is 5.89. The smallest absolute Gasteiger partial charge is 0.184 e. The molecule has 7 aromatic carbocycles. The van der Waals surface area contributed by atoms with Crippen LogP contribution in [0.2, 0.25) is 0 Å². The van der Waals surface area contributed by atoms with Gasteiger partial charge in [-0.05, 0) is 45.5 Å². The second-order valence-corrected chi connectivity index (χ2v) is 16.1. The maximum Gasteiger partial charge on any atom is 0.184 e. The number of ether oxygens (including phenoxy) is 8. The van der Waals surface area contributed by atoms with Crippen molar-refractivity contribution in [2.24, 2.45) is 0 Å². The van der Waals surface area contributed by atoms with Crippen molar-refractivity contribution in [3.8, 4) is 5.75 Å². The van der Waals surface area contributed by atoms with Crippen LogP contribution in [0, 0.1) is 0 Å². The Labute approximate surface area is 376 Å². The predicted octanol–water partition coefficient (Wildman–Crippen LogP) is 10.6. The largest absolute Gasteiger partial charge is 0.497 e. The Balaban J connectivity index is 1.12. The van der Waals surface area contributed by atoms with E-state index >= 15 is 0 Å². The molecular formula is C56H54O8. The molecule has 0 N–H and O–H groups in total. The highest BCUT2D eigenvalue weighted by molar-refractivity contribution is 5.47. The van der Waals surface area contributed by atoms with Crippen LogP contribution in [0.3, 0.4) is 0 Å². The van der Waals surface area contributed by atoms with E-state index in [-0.39, 0.29) is 13.2 Å². The molecule has 0 radical (unpaired) electrons. The molecule has 0 bridgehead atoms. The van der Waals surface area contributed by atoms with Crippen molar-refractivity contribution in [1.82, 2.24) is 0 Å². The lowest BCUT2D eigenvalue weighted by atomic mass is 9.80. The molecule has 326 valence electrons. The van der Waals surface area contributed by atoms with Gasteiger partial charge in [0.15, 0.2) is 6.29 Å². The molecule has 2 saturated heterocycles. The van der Waals surface area contributed by atoms with Gasteiger partial charge in [-0.3, -0.25) is 0 Å². The van der Waals surface area contributed by atoms with Gasteiger partial charge in [-0.1, -0.05) is 194 Å². The maximum atomic E-state index is 7.48. The van der Waals surface area contributed by atoms with Crippen LogP contribution in [-0.4, -0.2) is 56.9 Å². The summed E-state index contributed by atoms with van der Waals surface area (Å²) in [5, 5.41) is 0. The topological polar surface area (TPSA) is 73.8 Å². The van der Waals surface area contributed by atoms with Crippen LogP contribution < -0.4 is 4.74 Å². The molecule has 0 saturated carbocycles. The van der Waals surface area contributed by atoms with Crippen LogP contribution >= 0.6 is 0 Å². The van der Waals surface area contributed by atoms with Crippen molar-refractivity contribution in [3.05, 3.63) is 245 Å². The third kappa shape index (κ3) is 10.0. The lowest BCUT2D eigenvalue weighted by molar-refractivity contribution is -0.368. The highest BCUT2D eigenvalue weighted by Gasteiger charge is 2.55. The number of methoxy groups -OCH3 is 1. The van der Waals surface area contributed by atoms with E-state index in [0.29, 0.717) is 19.8 Å². The molecule has 0 amide bonds. The van der Waals surface area contributed by atoms with Gasteiger partial charge in [0.05, 0.1) is 40.1 Å². The van der Waals surface area contributed by atoms with Crippen LogP contribution in [-0.2, 0) is 58.6 Å². The van der Waals surface area contributed by atoms with E-state index in [1.165, 1.54) is 0 Å². The minimum Gasteiger partial charge on any atom is -0.497 e. The Morgan fingerprint density at radius 3 is 1.36 bits per heavy atom. The van der Waals surface area contributed by atoms with Crippen LogP contribution in [0.4, 0.5) is 0 Å². The van der Waals surface area contributed by atoms with E-state index in [9.17, 15) is 0 Å². The summed E-state index contributed by atoms with van der Waals surface area (Å²) in [6.07, 6.45) is -4.51. The molecule has 0 aromatic heterocycles. The Kier molecular flexibility index (Phi) is 14.3. The molecular weight excluding hydrogens is 801 g/mol. The second-order valence-electron chi connectivity index (χ2n) is 16.1.